The Morgan fingerprint density at radius 1 is 1.04 bits per heavy atom. The maximum atomic E-state index is 12.7. The van der Waals surface area contributed by atoms with Crippen molar-refractivity contribution < 1.29 is 39.3 Å². The Balaban J connectivity index is 2.95. The van der Waals surface area contributed by atoms with E-state index in [0.717, 1.165) is 7.05 Å². The van der Waals surface area contributed by atoms with Crippen molar-refractivity contribution in [1.82, 2.24) is 10.2 Å². The molecule has 0 aromatic heterocycles. The van der Waals surface area contributed by atoms with Crippen molar-refractivity contribution in [3.8, 4) is 0 Å². The number of nitrogens with zero attached hydrogens (tertiary/aromatic N) is 1. The number of aliphatic hydroxyl groups is 1. The lowest BCUT2D eigenvalue weighted by molar-refractivity contribution is -0.162. The average Bonchev–Trinajstić information content (AvgIpc) is 2.52. The van der Waals surface area contributed by atoms with E-state index in [4.69, 9.17) is 10.2 Å². The lowest BCUT2D eigenvalue weighted by atomic mass is 9.73. The largest absolute Gasteiger partial charge is 0.481 e. The molecule has 2 unspecified atom stereocenters. The van der Waals surface area contributed by atoms with Crippen molar-refractivity contribution in [2.45, 2.75) is 51.2 Å². The summed E-state index contributed by atoms with van der Waals surface area (Å²) in [5.74, 6) is -3.66. The second-order valence-corrected chi connectivity index (χ2v) is 5.96. The highest BCUT2D eigenvalue weighted by atomic mass is 16.4. The van der Waals surface area contributed by atoms with Crippen molar-refractivity contribution >= 4 is 29.7 Å². The fourth-order valence-electron chi connectivity index (χ4n) is 2.80. The molecule has 2 atom stereocenters. The van der Waals surface area contributed by atoms with Crippen LogP contribution in [0.3, 0.4) is 0 Å². The number of imide groups is 1. The number of hydrogen-bond donors (Lipinski definition) is 4. The monoisotopic (exact) mass is 358 g/mol. The van der Waals surface area contributed by atoms with Gasteiger partial charge in [-0.25, -0.2) is 4.79 Å². The van der Waals surface area contributed by atoms with Gasteiger partial charge in [-0.2, -0.15) is 0 Å². The number of amides is 3. The third-order valence-electron chi connectivity index (χ3n) is 4.22. The van der Waals surface area contributed by atoms with Crippen molar-refractivity contribution in [1.29, 1.82) is 0 Å². The molecule has 1 fully saturated rings. The lowest BCUT2D eigenvalue weighted by Crippen LogP contribution is -2.67. The van der Waals surface area contributed by atoms with E-state index in [1.807, 2.05) is 0 Å². The molecule has 3 amide bonds. The molecule has 4 N–H and O–H groups in total. The number of ketones is 1. The van der Waals surface area contributed by atoms with Crippen LogP contribution in [-0.4, -0.2) is 63.2 Å². The zero-order valence-corrected chi connectivity index (χ0v) is 13.9. The molecule has 10 heteroatoms. The van der Waals surface area contributed by atoms with Gasteiger partial charge in [0.1, 0.15) is 6.23 Å². The number of urea groups is 1. The molecule has 25 heavy (non-hydrogen) atoms. The van der Waals surface area contributed by atoms with Gasteiger partial charge in [0.05, 0.1) is 0 Å². The van der Waals surface area contributed by atoms with Crippen LogP contribution in [0.25, 0.3) is 0 Å². The molecular weight excluding hydrogens is 336 g/mol. The maximum Gasteiger partial charge on any atom is 0.325 e. The molecule has 0 radical (unpaired) electrons. The van der Waals surface area contributed by atoms with E-state index in [1.54, 1.807) is 0 Å². The van der Waals surface area contributed by atoms with Gasteiger partial charge in [-0.1, -0.05) is 0 Å². The van der Waals surface area contributed by atoms with Gasteiger partial charge in [0.2, 0.25) is 5.91 Å². The zero-order chi connectivity index (χ0) is 19.2. The average molecular weight is 358 g/mol. The first kappa shape index (κ1) is 20.6. The molecule has 1 aliphatic rings. The number of unbranched alkanes of at least 4 members (excludes halogenated alkanes) is 1. The molecule has 1 rings (SSSR count). The van der Waals surface area contributed by atoms with Gasteiger partial charge in [-0.15, -0.1) is 0 Å². The molecule has 0 spiro atoms. The molecule has 0 saturated carbocycles. The van der Waals surface area contributed by atoms with Crippen LogP contribution in [0.2, 0.25) is 0 Å². The number of carboxylic acid groups (broad SMARTS) is 2. The van der Waals surface area contributed by atoms with E-state index in [1.165, 1.54) is 0 Å². The first-order valence-corrected chi connectivity index (χ1v) is 7.86. The molecule has 1 saturated heterocycles. The van der Waals surface area contributed by atoms with Crippen molar-refractivity contribution in [3.05, 3.63) is 0 Å². The Hall–Kier alpha value is -2.49. The molecule has 0 aromatic carbocycles. The minimum atomic E-state index is -1.96. The summed E-state index contributed by atoms with van der Waals surface area (Å²) in [4.78, 5) is 58.7. The number of carboxylic acids is 2. The Labute approximate surface area is 143 Å². The SMILES string of the molecule is CN1C(=O)NC(O)C(CCCC(=O)O)(C(=O)CCCCC(=O)O)C1=O. The molecule has 0 aromatic rings. The normalized spacial score (nSPS) is 23.3. The number of Topliss-reactive ketones (excluding diaryl/α,β-unsaturated/α-hetero) is 1. The van der Waals surface area contributed by atoms with Crippen LogP contribution in [0.4, 0.5) is 4.79 Å². The molecule has 1 heterocycles. The van der Waals surface area contributed by atoms with Gasteiger partial charge in [-0.3, -0.25) is 24.1 Å². The van der Waals surface area contributed by atoms with Gasteiger partial charge in [-0.05, 0) is 25.7 Å². The first-order chi connectivity index (χ1) is 11.6. The van der Waals surface area contributed by atoms with Crippen LogP contribution in [0, 0.1) is 5.41 Å². The van der Waals surface area contributed by atoms with E-state index in [2.05, 4.69) is 5.32 Å². The van der Waals surface area contributed by atoms with E-state index >= 15 is 0 Å². The Kier molecular flexibility index (Phi) is 7.04. The van der Waals surface area contributed by atoms with Crippen LogP contribution in [0.15, 0.2) is 0 Å². The summed E-state index contributed by atoms with van der Waals surface area (Å²) in [6, 6.07) is -0.856. The second kappa shape index (κ2) is 8.56. The van der Waals surface area contributed by atoms with E-state index in [9.17, 15) is 29.1 Å². The number of carbonyl (C=O) groups excluding carboxylic acids is 3. The molecule has 1 aliphatic heterocycles. The summed E-state index contributed by atoms with van der Waals surface area (Å²) in [7, 11) is 1.16. The molecule has 140 valence electrons. The van der Waals surface area contributed by atoms with Crippen LogP contribution in [0.5, 0.6) is 0 Å². The van der Waals surface area contributed by atoms with Gasteiger partial charge in [0.15, 0.2) is 11.2 Å². The quantitative estimate of drug-likeness (QED) is 0.312. The Bertz CT molecular complexity index is 576. The lowest BCUT2D eigenvalue weighted by Gasteiger charge is -2.42. The van der Waals surface area contributed by atoms with E-state index in [0.29, 0.717) is 4.90 Å². The Morgan fingerprint density at radius 2 is 1.56 bits per heavy atom. The van der Waals surface area contributed by atoms with Crippen LogP contribution in [-0.2, 0) is 19.2 Å². The third kappa shape index (κ3) is 4.75. The number of aliphatic hydroxyl groups excluding tert-OH is 1. The topological polar surface area (TPSA) is 161 Å². The fourth-order valence-corrected chi connectivity index (χ4v) is 2.80. The number of aliphatic carboxylic acids is 2. The highest BCUT2D eigenvalue weighted by Crippen LogP contribution is 2.36. The van der Waals surface area contributed by atoms with E-state index in [-0.39, 0.29) is 44.9 Å². The van der Waals surface area contributed by atoms with Crippen molar-refractivity contribution in [2.24, 2.45) is 5.41 Å². The van der Waals surface area contributed by atoms with Gasteiger partial charge in [0.25, 0.3) is 0 Å². The molecular formula is C15H22N2O8. The predicted octanol–water partition coefficient (Wildman–Crippen LogP) is -0.0582. The number of carbonyl (C=O) groups is 5. The minimum absolute atomic E-state index is 0.0390. The number of hydrogen-bond acceptors (Lipinski definition) is 6. The van der Waals surface area contributed by atoms with Crippen molar-refractivity contribution in [3.63, 3.8) is 0 Å². The summed E-state index contributed by atoms with van der Waals surface area (Å²) in [6.45, 7) is 0. The predicted molar refractivity (Wildman–Crippen MR) is 82.3 cm³/mol. The second-order valence-electron chi connectivity index (χ2n) is 5.96. The van der Waals surface area contributed by atoms with Crippen LogP contribution < -0.4 is 5.32 Å². The summed E-state index contributed by atoms with van der Waals surface area (Å²) >= 11 is 0. The fraction of sp³-hybridized carbons (Fsp3) is 0.667. The smallest absolute Gasteiger partial charge is 0.325 e. The number of rotatable bonds is 10. The van der Waals surface area contributed by atoms with Crippen molar-refractivity contribution in [2.75, 3.05) is 7.05 Å². The maximum absolute atomic E-state index is 12.7. The highest BCUT2D eigenvalue weighted by molar-refractivity contribution is 6.13. The Morgan fingerprint density at radius 3 is 2.12 bits per heavy atom. The molecule has 0 aliphatic carbocycles. The summed E-state index contributed by atoms with van der Waals surface area (Å²) in [5.41, 5.74) is -1.96. The highest BCUT2D eigenvalue weighted by Gasteiger charge is 2.56. The third-order valence-corrected chi connectivity index (χ3v) is 4.22. The van der Waals surface area contributed by atoms with Crippen LogP contribution in [0.1, 0.15) is 44.9 Å². The zero-order valence-electron chi connectivity index (χ0n) is 13.9. The van der Waals surface area contributed by atoms with E-state index < -0.39 is 41.3 Å². The summed E-state index contributed by atoms with van der Waals surface area (Å²) in [6.07, 6.45) is -2.21. The van der Waals surface area contributed by atoms with Crippen LogP contribution >= 0.6 is 0 Å². The summed E-state index contributed by atoms with van der Waals surface area (Å²) < 4.78 is 0. The number of nitrogens with one attached hydrogen (secondary N) is 1. The molecule has 0 bridgehead atoms. The summed E-state index contributed by atoms with van der Waals surface area (Å²) in [5, 5.41) is 29.7. The van der Waals surface area contributed by atoms with Gasteiger partial charge < -0.3 is 20.6 Å². The first-order valence-electron chi connectivity index (χ1n) is 7.86. The minimum Gasteiger partial charge on any atom is -0.481 e. The standard InChI is InChI=1S/C15H22N2O8/c1-17-13(24)15(8-4-7-11(21)22,12(23)16-14(17)25)9(18)5-2-3-6-10(19)20/h12,23H,2-8H2,1H3,(H,16,25)(H,19,20)(H,21,22). The molecule has 10 nitrogen and oxygen atoms in total. The van der Waals surface area contributed by atoms with Gasteiger partial charge >= 0.3 is 18.0 Å². The van der Waals surface area contributed by atoms with Gasteiger partial charge in [0, 0.05) is 26.3 Å².